The average Bonchev–Trinajstić information content (AvgIpc) is 3.10. The summed E-state index contributed by atoms with van der Waals surface area (Å²) in [5.41, 5.74) is 1.78. The lowest BCUT2D eigenvalue weighted by Crippen LogP contribution is -2.24. The Morgan fingerprint density at radius 1 is 1.44 bits per heavy atom. The molecule has 86 valence electrons. The van der Waals surface area contributed by atoms with E-state index in [1.54, 1.807) is 0 Å². The molecule has 0 aliphatic heterocycles. The van der Waals surface area contributed by atoms with Crippen LogP contribution >= 0.6 is 0 Å². The van der Waals surface area contributed by atoms with E-state index in [4.69, 9.17) is 0 Å². The van der Waals surface area contributed by atoms with E-state index in [9.17, 15) is 4.79 Å². The van der Waals surface area contributed by atoms with Crippen molar-refractivity contribution < 1.29 is 4.79 Å². The highest BCUT2D eigenvalue weighted by Gasteiger charge is 2.20. The molecule has 1 aliphatic rings. The van der Waals surface area contributed by atoms with Gasteiger partial charge in [-0.25, -0.2) is 0 Å². The molecule has 1 saturated carbocycles. The lowest BCUT2D eigenvalue weighted by molar-refractivity contribution is 0.0953. The van der Waals surface area contributed by atoms with Crippen molar-refractivity contribution >= 4 is 11.6 Å². The number of benzene rings is 1. The normalized spacial score (nSPS) is 14.6. The second kappa shape index (κ2) is 5.01. The van der Waals surface area contributed by atoms with E-state index in [1.807, 2.05) is 31.2 Å². The van der Waals surface area contributed by atoms with Gasteiger partial charge in [-0.2, -0.15) is 0 Å². The van der Waals surface area contributed by atoms with Crippen LogP contribution in [0.4, 0.5) is 5.69 Å². The Balaban J connectivity index is 1.99. The number of hydrogen-bond acceptors (Lipinski definition) is 2. The molecule has 0 atom stereocenters. The number of amides is 1. The number of carbonyl (C=O) groups excluding carboxylic acids is 1. The second-order valence-corrected chi connectivity index (χ2v) is 4.26. The molecular weight excluding hydrogens is 200 g/mol. The second-order valence-electron chi connectivity index (χ2n) is 4.26. The molecule has 2 rings (SSSR count). The standard InChI is InChI=1S/C13H18N2O/c1-2-8-14-13(16)10-4-3-5-12(9-10)15-11-6-7-11/h3-5,9,11,15H,2,6-8H2,1H3,(H,14,16). The first-order valence-electron chi connectivity index (χ1n) is 5.94. The first-order chi connectivity index (χ1) is 7.79. The van der Waals surface area contributed by atoms with Gasteiger partial charge in [-0.15, -0.1) is 0 Å². The quantitative estimate of drug-likeness (QED) is 0.796. The van der Waals surface area contributed by atoms with Gasteiger partial charge in [-0.05, 0) is 37.5 Å². The van der Waals surface area contributed by atoms with Crippen LogP contribution in [0.3, 0.4) is 0 Å². The Morgan fingerprint density at radius 2 is 2.25 bits per heavy atom. The first kappa shape index (κ1) is 11.0. The number of hydrogen-bond donors (Lipinski definition) is 2. The van der Waals surface area contributed by atoms with Crippen LogP contribution in [0.1, 0.15) is 36.5 Å². The van der Waals surface area contributed by atoms with Gasteiger partial charge in [0, 0.05) is 23.8 Å². The number of anilines is 1. The molecule has 1 aromatic rings. The predicted octanol–water partition coefficient (Wildman–Crippen LogP) is 2.40. The summed E-state index contributed by atoms with van der Waals surface area (Å²) in [4.78, 5) is 11.7. The Morgan fingerprint density at radius 3 is 2.94 bits per heavy atom. The topological polar surface area (TPSA) is 41.1 Å². The smallest absolute Gasteiger partial charge is 0.251 e. The van der Waals surface area contributed by atoms with Gasteiger partial charge >= 0.3 is 0 Å². The molecule has 0 saturated heterocycles. The van der Waals surface area contributed by atoms with Crippen LogP contribution in [0, 0.1) is 0 Å². The monoisotopic (exact) mass is 218 g/mol. The third-order valence-electron chi connectivity index (χ3n) is 2.61. The molecule has 0 radical (unpaired) electrons. The van der Waals surface area contributed by atoms with Crippen LogP contribution in [-0.4, -0.2) is 18.5 Å². The summed E-state index contributed by atoms with van der Waals surface area (Å²) in [5, 5.41) is 6.27. The Hall–Kier alpha value is -1.51. The molecule has 0 unspecified atom stereocenters. The maximum atomic E-state index is 11.7. The molecule has 0 bridgehead atoms. The fourth-order valence-corrected chi connectivity index (χ4v) is 1.55. The summed E-state index contributed by atoms with van der Waals surface area (Å²) < 4.78 is 0. The van der Waals surface area contributed by atoms with Gasteiger partial charge in [0.2, 0.25) is 0 Å². The van der Waals surface area contributed by atoms with Gasteiger partial charge in [-0.1, -0.05) is 13.0 Å². The number of rotatable bonds is 5. The minimum atomic E-state index is 0.0151. The molecule has 16 heavy (non-hydrogen) atoms. The van der Waals surface area contributed by atoms with Crippen LogP contribution in [0.5, 0.6) is 0 Å². The van der Waals surface area contributed by atoms with Gasteiger partial charge in [0.05, 0.1) is 0 Å². The summed E-state index contributed by atoms with van der Waals surface area (Å²) in [6.45, 7) is 2.78. The number of nitrogens with one attached hydrogen (secondary N) is 2. The van der Waals surface area contributed by atoms with Crippen LogP contribution in [0.15, 0.2) is 24.3 Å². The third kappa shape index (κ3) is 2.99. The highest BCUT2D eigenvalue weighted by Crippen LogP contribution is 2.24. The fourth-order valence-electron chi connectivity index (χ4n) is 1.55. The van der Waals surface area contributed by atoms with Crippen LogP contribution in [0.25, 0.3) is 0 Å². The lowest BCUT2D eigenvalue weighted by atomic mass is 10.2. The van der Waals surface area contributed by atoms with E-state index in [0.717, 1.165) is 24.2 Å². The SMILES string of the molecule is CCCNC(=O)c1cccc(NC2CC2)c1. The molecule has 3 nitrogen and oxygen atoms in total. The van der Waals surface area contributed by atoms with Gasteiger partial charge in [0.1, 0.15) is 0 Å². The van der Waals surface area contributed by atoms with Gasteiger partial charge < -0.3 is 10.6 Å². The molecule has 0 heterocycles. The van der Waals surface area contributed by atoms with E-state index in [0.29, 0.717) is 6.04 Å². The summed E-state index contributed by atoms with van der Waals surface area (Å²) in [5.74, 6) is 0.0151. The largest absolute Gasteiger partial charge is 0.382 e. The predicted molar refractivity (Wildman–Crippen MR) is 65.7 cm³/mol. The molecule has 0 spiro atoms. The fraction of sp³-hybridized carbons (Fsp3) is 0.462. The molecule has 0 aromatic heterocycles. The highest BCUT2D eigenvalue weighted by atomic mass is 16.1. The van der Waals surface area contributed by atoms with E-state index < -0.39 is 0 Å². The van der Waals surface area contributed by atoms with Gasteiger partial charge in [0.15, 0.2) is 0 Å². The van der Waals surface area contributed by atoms with Crippen molar-refractivity contribution in [2.45, 2.75) is 32.2 Å². The molecule has 2 N–H and O–H groups in total. The molecule has 1 amide bonds. The van der Waals surface area contributed by atoms with E-state index in [-0.39, 0.29) is 5.91 Å². The van der Waals surface area contributed by atoms with Crippen molar-refractivity contribution in [3.8, 4) is 0 Å². The average molecular weight is 218 g/mol. The summed E-state index contributed by atoms with van der Waals surface area (Å²) in [6, 6.07) is 8.32. The van der Waals surface area contributed by atoms with Crippen molar-refractivity contribution in [3.05, 3.63) is 29.8 Å². The molecule has 1 aromatic carbocycles. The lowest BCUT2D eigenvalue weighted by Gasteiger charge is -2.07. The minimum absolute atomic E-state index is 0.0151. The maximum absolute atomic E-state index is 11.7. The summed E-state index contributed by atoms with van der Waals surface area (Å²) in [6.07, 6.45) is 3.45. The highest BCUT2D eigenvalue weighted by molar-refractivity contribution is 5.95. The molecule has 1 fully saturated rings. The summed E-state index contributed by atoms with van der Waals surface area (Å²) >= 11 is 0. The number of carbonyl (C=O) groups is 1. The molecule has 3 heteroatoms. The van der Waals surface area contributed by atoms with Crippen molar-refractivity contribution in [2.24, 2.45) is 0 Å². The molecular formula is C13H18N2O. The first-order valence-corrected chi connectivity index (χ1v) is 5.94. The zero-order valence-corrected chi connectivity index (χ0v) is 9.62. The third-order valence-corrected chi connectivity index (χ3v) is 2.61. The van der Waals surface area contributed by atoms with Crippen molar-refractivity contribution in [1.29, 1.82) is 0 Å². The van der Waals surface area contributed by atoms with E-state index in [2.05, 4.69) is 10.6 Å². The van der Waals surface area contributed by atoms with E-state index in [1.165, 1.54) is 12.8 Å². The van der Waals surface area contributed by atoms with Crippen LogP contribution in [0.2, 0.25) is 0 Å². The summed E-state index contributed by atoms with van der Waals surface area (Å²) in [7, 11) is 0. The van der Waals surface area contributed by atoms with Crippen molar-refractivity contribution in [3.63, 3.8) is 0 Å². The zero-order valence-electron chi connectivity index (χ0n) is 9.62. The Labute approximate surface area is 96.2 Å². The van der Waals surface area contributed by atoms with Gasteiger partial charge in [0.25, 0.3) is 5.91 Å². The molecule has 1 aliphatic carbocycles. The van der Waals surface area contributed by atoms with Crippen molar-refractivity contribution in [1.82, 2.24) is 5.32 Å². The minimum Gasteiger partial charge on any atom is -0.382 e. The van der Waals surface area contributed by atoms with Crippen LogP contribution in [-0.2, 0) is 0 Å². The maximum Gasteiger partial charge on any atom is 0.251 e. The zero-order chi connectivity index (χ0) is 11.4. The Kier molecular flexibility index (Phi) is 3.44. The van der Waals surface area contributed by atoms with Crippen LogP contribution < -0.4 is 10.6 Å². The Bertz CT molecular complexity index is 372. The van der Waals surface area contributed by atoms with E-state index >= 15 is 0 Å². The van der Waals surface area contributed by atoms with Gasteiger partial charge in [-0.3, -0.25) is 4.79 Å². The van der Waals surface area contributed by atoms with Crippen molar-refractivity contribution in [2.75, 3.05) is 11.9 Å².